The van der Waals surface area contributed by atoms with E-state index in [0.29, 0.717) is 25.9 Å². The first kappa shape index (κ1) is 21.1. The van der Waals surface area contributed by atoms with Crippen LogP contribution in [0.5, 0.6) is 0 Å². The monoisotopic (exact) mass is 440 g/mol. The maximum Gasteiger partial charge on any atom is 0.410 e. The Morgan fingerprint density at radius 3 is 2.61 bits per heavy atom. The normalized spacial score (nSPS) is 19.6. The molecule has 7 nitrogen and oxygen atoms in total. The molecule has 31 heavy (non-hydrogen) atoms. The van der Waals surface area contributed by atoms with Gasteiger partial charge in [-0.3, -0.25) is 9.69 Å². The Morgan fingerprint density at radius 2 is 1.90 bits per heavy atom. The van der Waals surface area contributed by atoms with Crippen molar-refractivity contribution in [3.8, 4) is 0 Å². The fourth-order valence-corrected chi connectivity index (χ4v) is 4.47. The molecule has 1 aromatic heterocycles. The first-order valence-corrected chi connectivity index (χ1v) is 11.2. The van der Waals surface area contributed by atoms with Crippen LogP contribution in [0.1, 0.15) is 23.3 Å². The lowest BCUT2D eigenvalue weighted by molar-refractivity contribution is -0.150. The predicted octanol–water partition coefficient (Wildman–Crippen LogP) is 3.32. The van der Waals surface area contributed by atoms with E-state index in [9.17, 15) is 14.4 Å². The first-order chi connectivity index (χ1) is 15.1. The second-order valence-electron chi connectivity index (χ2n) is 7.50. The maximum atomic E-state index is 12.6. The highest BCUT2D eigenvalue weighted by Crippen LogP contribution is 2.25. The van der Waals surface area contributed by atoms with Crippen molar-refractivity contribution in [3.05, 3.63) is 64.4 Å². The minimum Gasteiger partial charge on any atom is -0.459 e. The number of amides is 2. The Bertz CT molecular complexity index is 936. The van der Waals surface area contributed by atoms with Crippen LogP contribution in [0.4, 0.5) is 4.79 Å². The molecule has 0 spiro atoms. The SMILES string of the molecule is O=C(OCc1ccccc1)C1COC(=O)N1C1CCN(C(=O)C=Cc2cccs2)CC1. The molecule has 1 aromatic carbocycles. The molecule has 4 rings (SSSR count). The van der Waals surface area contributed by atoms with Crippen LogP contribution < -0.4 is 0 Å². The van der Waals surface area contributed by atoms with Gasteiger partial charge in [0.05, 0.1) is 0 Å². The molecule has 2 fully saturated rings. The first-order valence-electron chi connectivity index (χ1n) is 10.3. The van der Waals surface area contributed by atoms with Crippen molar-refractivity contribution in [2.24, 2.45) is 0 Å². The van der Waals surface area contributed by atoms with Gasteiger partial charge in [0.15, 0.2) is 6.04 Å². The van der Waals surface area contributed by atoms with Gasteiger partial charge in [0.2, 0.25) is 5.91 Å². The number of carbonyl (C=O) groups is 3. The summed E-state index contributed by atoms with van der Waals surface area (Å²) in [7, 11) is 0. The van der Waals surface area contributed by atoms with Crippen molar-refractivity contribution in [3.63, 3.8) is 0 Å². The van der Waals surface area contributed by atoms with Crippen LogP contribution in [0.3, 0.4) is 0 Å². The van der Waals surface area contributed by atoms with E-state index in [1.165, 1.54) is 4.90 Å². The molecule has 0 N–H and O–H groups in total. The minimum absolute atomic E-state index is 0.00481. The molecule has 2 aliphatic heterocycles. The van der Waals surface area contributed by atoms with Crippen LogP contribution in [0.2, 0.25) is 0 Å². The van der Waals surface area contributed by atoms with Gasteiger partial charge in [-0.15, -0.1) is 11.3 Å². The number of carbonyl (C=O) groups excluding carboxylic acids is 3. The molecule has 0 bridgehead atoms. The number of hydrogen-bond acceptors (Lipinski definition) is 6. The van der Waals surface area contributed by atoms with Crippen molar-refractivity contribution in [1.82, 2.24) is 9.80 Å². The molecule has 0 aliphatic carbocycles. The third-order valence-corrected chi connectivity index (χ3v) is 6.35. The zero-order chi connectivity index (χ0) is 21.6. The Kier molecular flexibility index (Phi) is 6.66. The van der Waals surface area contributed by atoms with Crippen molar-refractivity contribution in [1.29, 1.82) is 0 Å². The number of piperidine rings is 1. The molecule has 1 atom stereocenters. The van der Waals surface area contributed by atoms with Gasteiger partial charge in [0, 0.05) is 30.1 Å². The zero-order valence-corrected chi connectivity index (χ0v) is 17.8. The van der Waals surface area contributed by atoms with Crippen LogP contribution >= 0.6 is 11.3 Å². The van der Waals surface area contributed by atoms with Gasteiger partial charge < -0.3 is 14.4 Å². The average molecular weight is 441 g/mol. The predicted molar refractivity (Wildman–Crippen MR) is 116 cm³/mol. The highest BCUT2D eigenvalue weighted by Gasteiger charge is 2.44. The molecule has 0 saturated carbocycles. The fourth-order valence-electron chi connectivity index (χ4n) is 3.85. The van der Waals surface area contributed by atoms with Gasteiger partial charge in [-0.1, -0.05) is 36.4 Å². The van der Waals surface area contributed by atoms with E-state index in [1.54, 1.807) is 22.3 Å². The summed E-state index contributed by atoms with van der Waals surface area (Å²) in [5, 5.41) is 1.96. The van der Waals surface area contributed by atoms with Crippen molar-refractivity contribution in [2.75, 3.05) is 19.7 Å². The standard InChI is InChI=1S/C23H24N2O5S/c26-21(9-8-19-7-4-14-31-19)24-12-10-18(11-13-24)25-20(16-30-23(25)28)22(27)29-15-17-5-2-1-3-6-17/h1-9,14,18,20H,10-13,15-16H2. The molecule has 2 amide bonds. The molecule has 2 aromatic rings. The summed E-state index contributed by atoms with van der Waals surface area (Å²) >= 11 is 1.57. The van der Waals surface area contributed by atoms with E-state index in [-0.39, 0.29) is 25.2 Å². The van der Waals surface area contributed by atoms with Crippen molar-refractivity contribution >= 4 is 35.4 Å². The van der Waals surface area contributed by atoms with E-state index >= 15 is 0 Å². The molecule has 3 heterocycles. The van der Waals surface area contributed by atoms with Crippen molar-refractivity contribution in [2.45, 2.75) is 31.5 Å². The second-order valence-corrected chi connectivity index (χ2v) is 8.48. The van der Waals surface area contributed by atoms with Crippen LogP contribution in [0, 0.1) is 0 Å². The number of ether oxygens (including phenoxy) is 2. The zero-order valence-electron chi connectivity index (χ0n) is 17.0. The molecule has 0 radical (unpaired) electrons. The summed E-state index contributed by atoms with van der Waals surface area (Å²) < 4.78 is 10.6. The largest absolute Gasteiger partial charge is 0.459 e. The van der Waals surface area contributed by atoms with E-state index in [4.69, 9.17) is 9.47 Å². The average Bonchev–Trinajstić information content (AvgIpc) is 3.46. The summed E-state index contributed by atoms with van der Waals surface area (Å²) in [4.78, 5) is 41.7. The number of esters is 1. The summed E-state index contributed by atoms with van der Waals surface area (Å²) in [6.45, 7) is 1.19. The van der Waals surface area contributed by atoms with Gasteiger partial charge in [0.25, 0.3) is 0 Å². The minimum atomic E-state index is -0.748. The van der Waals surface area contributed by atoms with Crippen LogP contribution in [0.25, 0.3) is 6.08 Å². The third kappa shape index (κ3) is 5.14. The highest BCUT2D eigenvalue weighted by molar-refractivity contribution is 7.10. The Labute approximate surface area is 184 Å². The van der Waals surface area contributed by atoms with Crippen molar-refractivity contribution < 1.29 is 23.9 Å². The fraction of sp³-hybridized carbons (Fsp3) is 0.348. The maximum absolute atomic E-state index is 12.6. The number of rotatable bonds is 6. The lowest BCUT2D eigenvalue weighted by atomic mass is 10.0. The molecular weight excluding hydrogens is 416 g/mol. The van der Waals surface area contributed by atoms with Crippen LogP contribution in [0.15, 0.2) is 53.9 Å². The number of likely N-dealkylation sites (tertiary alicyclic amines) is 1. The summed E-state index contributed by atoms with van der Waals surface area (Å²) in [6, 6.07) is 12.4. The molecule has 2 saturated heterocycles. The van der Waals surface area contributed by atoms with Gasteiger partial charge in [-0.05, 0) is 35.9 Å². The quantitative estimate of drug-likeness (QED) is 0.509. The van der Waals surface area contributed by atoms with Gasteiger partial charge >= 0.3 is 12.1 Å². The van der Waals surface area contributed by atoms with E-state index in [1.807, 2.05) is 53.9 Å². The van der Waals surface area contributed by atoms with Gasteiger partial charge in [0.1, 0.15) is 13.2 Å². The second kappa shape index (κ2) is 9.78. The van der Waals surface area contributed by atoms with E-state index in [2.05, 4.69) is 0 Å². The third-order valence-electron chi connectivity index (χ3n) is 5.51. The van der Waals surface area contributed by atoms with Crippen LogP contribution in [-0.4, -0.2) is 59.5 Å². The Morgan fingerprint density at radius 1 is 1.13 bits per heavy atom. The molecule has 1 unspecified atom stereocenters. The number of hydrogen-bond donors (Lipinski definition) is 0. The van der Waals surface area contributed by atoms with Gasteiger partial charge in [-0.25, -0.2) is 9.59 Å². The topological polar surface area (TPSA) is 76.2 Å². The highest BCUT2D eigenvalue weighted by atomic mass is 32.1. The summed E-state index contributed by atoms with van der Waals surface area (Å²) in [5.41, 5.74) is 0.884. The lowest BCUT2D eigenvalue weighted by Gasteiger charge is -2.36. The number of cyclic esters (lactones) is 1. The smallest absolute Gasteiger partial charge is 0.410 e. The summed E-state index contributed by atoms with van der Waals surface area (Å²) in [6.07, 6.45) is 4.09. The van der Waals surface area contributed by atoms with Gasteiger partial charge in [-0.2, -0.15) is 0 Å². The lowest BCUT2D eigenvalue weighted by Crippen LogP contribution is -2.51. The van der Waals surface area contributed by atoms with E-state index < -0.39 is 18.1 Å². The number of benzene rings is 1. The van der Waals surface area contributed by atoms with E-state index in [0.717, 1.165) is 10.4 Å². The molecular formula is C23H24N2O5S. The number of nitrogens with zero attached hydrogens (tertiary/aromatic N) is 2. The Balaban J connectivity index is 1.31. The molecule has 162 valence electrons. The molecule has 8 heteroatoms. The Hall–Kier alpha value is -3.13. The van der Waals surface area contributed by atoms with Crippen LogP contribution in [-0.2, 0) is 25.7 Å². The number of thiophene rings is 1. The summed E-state index contributed by atoms with van der Waals surface area (Å²) in [5.74, 6) is -0.512. The molecule has 2 aliphatic rings.